The molecule has 0 fully saturated rings. The van der Waals surface area contributed by atoms with Crippen LogP contribution in [0.3, 0.4) is 0 Å². The molecular weight excluding hydrogens is 280 g/mol. The van der Waals surface area contributed by atoms with Crippen molar-refractivity contribution in [1.29, 1.82) is 0 Å². The molecular formula is C18H12O4. The summed E-state index contributed by atoms with van der Waals surface area (Å²) in [5.41, 5.74) is 1.70. The molecule has 0 bridgehead atoms. The molecule has 0 aromatic heterocycles. The van der Waals surface area contributed by atoms with Gasteiger partial charge in [0.2, 0.25) is 0 Å². The first-order valence-electron chi connectivity index (χ1n) is 6.39. The van der Waals surface area contributed by atoms with E-state index < -0.39 is 5.97 Å². The van der Waals surface area contributed by atoms with E-state index in [1.807, 2.05) is 12.1 Å². The van der Waals surface area contributed by atoms with Gasteiger partial charge in [-0.25, -0.2) is 4.79 Å². The summed E-state index contributed by atoms with van der Waals surface area (Å²) in [4.78, 5) is 10.8. The number of hydrogen-bond acceptors (Lipinski definition) is 3. The summed E-state index contributed by atoms with van der Waals surface area (Å²) in [6.45, 7) is -0.230. The monoisotopic (exact) mass is 292 g/mol. The first-order valence-corrected chi connectivity index (χ1v) is 6.39. The van der Waals surface area contributed by atoms with Gasteiger partial charge < -0.3 is 15.3 Å². The molecule has 0 saturated carbocycles. The van der Waals surface area contributed by atoms with Crippen LogP contribution in [0.1, 0.15) is 27.0 Å². The van der Waals surface area contributed by atoms with E-state index >= 15 is 0 Å². The predicted octanol–water partition coefficient (Wildman–Crippen LogP) is 1.83. The van der Waals surface area contributed by atoms with Gasteiger partial charge >= 0.3 is 5.97 Å². The van der Waals surface area contributed by atoms with E-state index in [9.17, 15) is 9.90 Å². The lowest BCUT2D eigenvalue weighted by atomic mass is 10.1. The van der Waals surface area contributed by atoms with E-state index in [1.54, 1.807) is 12.1 Å². The van der Waals surface area contributed by atoms with E-state index in [-0.39, 0.29) is 17.9 Å². The van der Waals surface area contributed by atoms with Crippen molar-refractivity contribution in [2.45, 2.75) is 0 Å². The Morgan fingerprint density at radius 2 is 1.68 bits per heavy atom. The van der Waals surface area contributed by atoms with E-state index in [2.05, 4.69) is 23.7 Å². The number of hydrogen-bond donors (Lipinski definition) is 3. The highest BCUT2D eigenvalue weighted by atomic mass is 16.4. The number of aliphatic hydroxyl groups is 1. The second-order valence-corrected chi connectivity index (χ2v) is 4.29. The van der Waals surface area contributed by atoms with E-state index in [1.165, 1.54) is 18.2 Å². The standard InChI is InChI=1S/C18H12O4/c19-11-3-6-14-4-1-2-5-15(14)9-7-13-8-10-16(18(21)22)17(20)12-13/h1-2,4-5,8,10,12,19-20H,11H2,(H,21,22). The summed E-state index contributed by atoms with van der Waals surface area (Å²) >= 11 is 0. The zero-order valence-electron chi connectivity index (χ0n) is 11.5. The fourth-order valence-corrected chi connectivity index (χ4v) is 1.77. The van der Waals surface area contributed by atoms with Gasteiger partial charge in [0, 0.05) is 16.7 Å². The summed E-state index contributed by atoms with van der Waals surface area (Å²) in [6, 6.07) is 11.4. The fraction of sp³-hybridized carbons (Fsp3) is 0.0556. The third-order valence-electron chi connectivity index (χ3n) is 2.80. The lowest BCUT2D eigenvalue weighted by Crippen LogP contribution is -1.96. The number of carboxylic acid groups (broad SMARTS) is 1. The van der Waals surface area contributed by atoms with Crippen LogP contribution in [0.5, 0.6) is 5.75 Å². The smallest absolute Gasteiger partial charge is 0.339 e. The Labute approximate surface area is 127 Å². The van der Waals surface area contributed by atoms with Crippen molar-refractivity contribution in [2.24, 2.45) is 0 Å². The minimum atomic E-state index is -1.19. The number of aliphatic hydroxyl groups excluding tert-OH is 1. The Morgan fingerprint density at radius 3 is 2.27 bits per heavy atom. The summed E-state index contributed by atoms with van der Waals surface area (Å²) < 4.78 is 0. The molecule has 0 spiro atoms. The quantitative estimate of drug-likeness (QED) is 0.701. The zero-order chi connectivity index (χ0) is 15.9. The van der Waals surface area contributed by atoms with Crippen LogP contribution in [0.4, 0.5) is 0 Å². The molecule has 0 aliphatic rings. The maximum absolute atomic E-state index is 10.8. The molecule has 3 N–H and O–H groups in total. The number of benzene rings is 2. The van der Waals surface area contributed by atoms with Crippen LogP contribution < -0.4 is 0 Å². The average Bonchev–Trinajstić information content (AvgIpc) is 2.51. The van der Waals surface area contributed by atoms with Crippen molar-refractivity contribution >= 4 is 5.97 Å². The summed E-state index contributed by atoms with van der Waals surface area (Å²) in [6.07, 6.45) is 0. The Bertz CT molecular complexity index is 829. The highest BCUT2D eigenvalue weighted by Crippen LogP contribution is 2.18. The van der Waals surface area contributed by atoms with Crippen LogP contribution in [-0.2, 0) is 0 Å². The van der Waals surface area contributed by atoms with Gasteiger partial charge in [-0.15, -0.1) is 0 Å². The van der Waals surface area contributed by atoms with Gasteiger partial charge in [0.25, 0.3) is 0 Å². The largest absolute Gasteiger partial charge is 0.507 e. The van der Waals surface area contributed by atoms with Crippen molar-refractivity contribution in [2.75, 3.05) is 6.61 Å². The van der Waals surface area contributed by atoms with E-state index in [0.717, 1.165) is 0 Å². The molecule has 2 rings (SSSR count). The lowest BCUT2D eigenvalue weighted by Gasteiger charge is -1.99. The molecule has 108 valence electrons. The van der Waals surface area contributed by atoms with Gasteiger partial charge in [-0.2, -0.15) is 0 Å². The van der Waals surface area contributed by atoms with Gasteiger partial charge in [0.1, 0.15) is 17.9 Å². The van der Waals surface area contributed by atoms with Crippen LogP contribution in [0.25, 0.3) is 0 Å². The van der Waals surface area contributed by atoms with E-state index in [0.29, 0.717) is 16.7 Å². The third-order valence-corrected chi connectivity index (χ3v) is 2.80. The molecule has 0 aliphatic carbocycles. The Kier molecular flexibility index (Phi) is 4.82. The van der Waals surface area contributed by atoms with E-state index in [4.69, 9.17) is 10.2 Å². The number of aromatic hydroxyl groups is 1. The molecule has 0 amide bonds. The van der Waals surface area contributed by atoms with Crippen LogP contribution >= 0.6 is 0 Å². The molecule has 22 heavy (non-hydrogen) atoms. The number of carboxylic acids is 1. The van der Waals surface area contributed by atoms with Crippen LogP contribution in [0.2, 0.25) is 0 Å². The molecule has 2 aromatic carbocycles. The first kappa shape index (κ1) is 15.2. The van der Waals surface area contributed by atoms with Gasteiger partial charge in [-0.05, 0) is 30.3 Å². The molecule has 0 unspecified atom stereocenters. The van der Waals surface area contributed by atoms with Gasteiger partial charge in [-0.1, -0.05) is 35.8 Å². The Balaban J connectivity index is 2.35. The number of phenols is 1. The molecule has 0 atom stereocenters. The van der Waals surface area contributed by atoms with Gasteiger partial charge in [0.15, 0.2) is 0 Å². The van der Waals surface area contributed by atoms with Crippen molar-refractivity contribution in [1.82, 2.24) is 0 Å². The van der Waals surface area contributed by atoms with Crippen molar-refractivity contribution in [3.05, 3.63) is 64.7 Å². The van der Waals surface area contributed by atoms with Gasteiger partial charge in [-0.3, -0.25) is 0 Å². The summed E-state index contributed by atoms with van der Waals surface area (Å²) in [5, 5.41) is 27.2. The normalized spacial score (nSPS) is 9.14. The first-order chi connectivity index (χ1) is 10.6. The molecule has 0 radical (unpaired) electrons. The van der Waals surface area contributed by atoms with Crippen molar-refractivity contribution < 1.29 is 20.1 Å². The maximum atomic E-state index is 10.8. The van der Waals surface area contributed by atoms with Crippen LogP contribution in [-0.4, -0.2) is 27.9 Å². The Morgan fingerprint density at radius 1 is 1.00 bits per heavy atom. The highest BCUT2D eigenvalue weighted by Gasteiger charge is 2.08. The molecule has 2 aromatic rings. The molecule has 0 aliphatic heterocycles. The second kappa shape index (κ2) is 6.99. The predicted molar refractivity (Wildman–Crippen MR) is 81.5 cm³/mol. The van der Waals surface area contributed by atoms with Crippen molar-refractivity contribution in [3.8, 4) is 29.4 Å². The Hall–Kier alpha value is -3.21. The summed E-state index contributed by atoms with van der Waals surface area (Å²) in [5.74, 6) is 9.62. The zero-order valence-corrected chi connectivity index (χ0v) is 11.5. The molecule has 0 heterocycles. The second-order valence-electron chi connectivity index (χ2n) is 4.29. The van der Waals surface area contributed by atoms with Gasteiger partial charge in [0.05, 0.1) is 0 Å². The number of rotatable bonds is 1. The number of carbonyl (C=O) groups is 1. The topological polar surface area (TPSA) is 77.8 Å². The molecule has 4 heteroatoms. The molecule has 0 saturated heterocycles. The minimum absolute atomic E-state index is 0.167. The molecule has 4 nitrogen and oxygen atoms in total. The average molecular weight is 292 g/mol. The highest BCUT2D eigenvalue weighted by molar-refractivity contribution is 5.90. The SMILES string of the molecule is O=C(O)c1ccc(C#Cc2ccccc2C#CCO)cc1O. The lowest BCUT2D eigenvalue weighted by molar-refractivity contribution is 0.0693. The third kappa shape index (κ3) is 3.67. The maximum Gasteiger partial charge on any atom is 0.339 e. The number of aromatic carboxylic acids is 1. The minimum Gasteiger partial charge on any atom is -0.507 e. The van der Waals surface area contributed by atoms with Crippen LogP contribution in [0.15, 0.2) is 42.5 Å². The fourth-order valence-electron chi connectivity index (χ4n) is 1.77. The summed E-state index contributed by atoms with van der Waals surface area (Å²) in [7, 11) is 0. The van der Waals surface area contributed by atoms with Crippen LogP contribution in [0, 0.1) is 23.7 Å². The van der Waals surface area contributed by atoms with Crippen molar-refractivity contribution in [3.63, 3.8) is 0 Å².